The summed E-state index contributed by atoms with van der Waals surface area (Å²) in [4.78, 5) is 0. The lowest BCUT2D eigenvalue weighted by Crippen LogP contribution is -2.84. The van der Waals surface area contributed by atoms with Gasteiger partial charge in [0.15, 0.2) is 0 Å². The van der Waals surface area contributed by atoms with Crippen LogP contribution in [0.1, 0.15) is 6.42 Å². The molecule has 2 aromatic rings. The third kappa shape index (κ3) is 3.82. The maximum atomic E-state index is 5.83. The van der Waals surface area contributed by atoms with Crippen molar-refractivity contribution in [2.75, 3.05) is 19.7 Å². The first-order valence-corrected chi connectivity index (χ1v) is 7.35. The van der Waals surface area contributed by atoms with E-state index in [0.717, 1.165) is 36.3 Å². The molecule has 0 spiro atoms. The van der Waals surface area contributed by atoms with E-state index in [0.29, 0.717) is 0 Å². The zero-order valence-electron chi connectivity index (χ0n) is 10.9. The number of rotatable bonds is 7. The van der Waals surface area contributed by atoms with Crippen LogP contribution in [0.25, 0.3) is 10.8 Å². The van der Waals surface area contributed by atoms with E-state index >= 15 is 0 Å². The van der Waals surface area contributed by atoms with Crippen LogP contribution in [0.2, 0.25) is 0 Å². The number of fused-ring (bicyclic) bond motifs is 1. The van der Waals surface area contributed by atoms with E-state index in [2.05, 4.69) is 46.0 Å². The van der Waals surface area contributed by atoms with Crippen molar-refractivity contribution in [3.05, 3.63) is 53.5 Å². The number of benzene rings is 2. The Labute approximate surface area is 122 Å². The van der Waals surface area contributed by atoms with Crippen molar-refractivity contribution in [3.63, 3.8) is 0 Å². The Hall–Kier alpha value is -1.32. The van der Waals surface area contributed by atoms with Gasteiger partial charge in [0, 0.05) is 6.42 Å². The van der Waals surface area contributed by atoms with Crippen LogP contribution in [0.3, 0.4) is 0 Å². The zero-order valence-corrected chi connectivity index (χ0v) is 12.5. The van der Waals surface area contributed by atoms with Crippen LogP contribution in [-0.4, -0.2) is 19.7 Å². The Kier molecular flexibility index (Phi) is 5.43. The fourth-order valence-corrected chi connectivity index (χ4v) is 2.58. The molecule has 2 nitrogen and oxygen atoms in total. The summed E-state index contributed by atoms with van der Waals surface area (Å²) in [7, 11) is 0. The molecule has 0 saturated heterocycles. The first-order chi connectivity index (χ1) is 9.33. The molecule has 0 atom stereocenters. The van der Waals surface area contributed by atoms with Gasteiger partial charge in [-0.15, -0.1) is 0 Å². The van der Waals surface area contributed by atoms with Crippen molar-refractivity contribution in [3.8, 4) is 5.75 Å². The molecule has 0 aliphatic rings. The molecule has 3 heteroatoms. The van der Waals surface area contributed by atoms with Crippen LogP contribution in [0.5, 0.6) is 5.75 Å². The molecule has 2 rings (SSSR count). The number of halogens is 1. The predicted molar refractivity (Wildman–Crippen MR) is 83.6 cm³/mol. The number of hydrogen-bond acceptors (Lipinski definition) is 1. The molecule has 0 unspecified atom stereocenters. The van der Waals surface area contributed by atoms with Gasteiger partial charge in [0.25, 0.3) is 0 Å². The molecule has 0 saturated carbocycles. The van der Waals surface area contributed by atoms with Gasteiger partial charge in [-0.05, 0) is 38.8 Å². The molecule has 0 aliphatic carbocycles. The molecule has 0 heterocycles. The van der Waals surface area contributed by atoms with Gasteiger partial charge in [0.05, 0.1) is 24.2 Å². The number of ether oxygens (including phenoxy) is 1. The topological polar surface area (TPSA) is 25.8 Å². The Bertz CT molecular complexity index is 553. The second-order valence-electron chi connectivity index (χ2n) is 4.40. The Balaban J connectivity index is 1.94. The van der Waals surface area contributed by atoms with E-state index in [4.69, 9.17) is 4.74 Å². The van der Waals surface area contributed by atoms with E-state index in [1.165, 1.54) is 10.8 Å². The van der Waals surface area contributed by atoms with Gasteiger partial charge in [-0.1, -0.05) is 36.9 Å². The fourth-order valence-electron chi connectivity index (χ4n) is 1.97. The predicted octanol–water partition coefficient (Wildman–Crippen LogP) is 3.12. The molecule has 100 valence electrons. The maximum Gasteiger partial charge on any atom is 0.134 e. The van der Waals surface area contributed by atoms with Gasteiger partial charge in [-0.25, -0.2) is 0 Å². The number of nitrogens with two attached hydrogens (primary N) is 1. The molecule has 19 heavy (non-hydrogen) atoms. The minimum Gasteiger partial charge on any atom is -0.492 e. The average Bonchev–Trinajstić information content (AvgIpc) is 2.45. The van der Waals surface area contributed by atoms with Crippen molar-refractivity contribution < 1.29 is 10.1 Å². The van der Waals surface area contributed by atoms with Crippen molar-refractivity contribution in [2.45, 2.75) is 6.42 Å². The van der Waals surface area contributed by atoms with E-state index in [1.54, 1.807) is 0 Å². The number of quaternary nitrogens is 1. The largest absolute Gasteiger partial charge is 0.492 e. The van der Waals surface area contributed by atoms with Gasteiger partial charge in [-0.2, -0.15) is 0 Å². The second-order valence-corrected chi connectivity index (χ2v) is 5.20. The molecular formula is C16H19BrNO+. The minimum absolute atomic E-state index is 0.741. The molecular weight excluding hydrogens is 302 g/mol. The molecule has 0 bridgehead atoms. The fraction of sp³-hybridized carbons (Fsp3) is 0.250. The minimum atomic E-state index is 0.741. The highest BCUT2D eigenvalue weighted by Gasteiger charge is 2.05. The van der Waals surface area contributed by atoms with Crippen LogP contribution < -0.4 is 10.1 Å². The van der Waals surface area contributed by atoms with Crippen molar-refractivity contribution in [1.82, 2.24) is 0 Å². The molecule has 0 fully saturated rings. The van der Waals surface area contributed by atoms with Crippen LogP contribution in [0, 0.1) is 0 Å². The molecule has 0 aromatic heterocycles. The number of hydrogen-bond donors (Lipinski definition) is 1. The molecule has 0 radical (unpaired) electrons. The van der Waals surface area contributed by atoms with Crippen LogP contribution >= 0.6 is 15.9 Å². The molecule has 0 amide bonds. The van der Waals surface area contributed by atoms with Gasteiger partial charge in [-0.3, -0.25) is 0 Å². The van der Waals surface area contributed by atoms with E-state index in [1.807, 2.05) is 24.3 Å². The lowest BCUT2D eigenvalue weighted by molar-refractivity contribution is -0.646. The first kappa shape index (κ1) is 14.1. The molecule has 2 N–H and O–H groups in total. The smallest absolute Gasteiger partial charge is 0.134 e. The van der Waals surface area contributed by atoms with Gasteiger partial charge in [0.2, 0.25) is 0 Å². The molecule has 0 aliphatic heterocycles. The summed E-state index contributed by atoms with van der Waals surface area (Å²) in [6.45, 7) is 6.48. The van der Waals surface area contributed by atoms with Crippen LogP contribution in [0.4, 0.5) is 0 Å². The van der Waals surface area contributed by atoms with Crippen LogP contribution in [-0.2, 0) is 0 Å². The van der Waals surface area contributed by atoms with E-state index < -0.39 is 0 Å². The highest BCUT2D eigenvalue weighted by Crippen LogP contribution is 2.32. The summed E-state index contributed by atoms with van der Waals surface area (Å²) in [5.41, 5.74) is 0. The Morgan fingerprint density at radius 3 is 2.89 bits per heavy atom. The van der Waals surface area contributed by atoms with E-state index in [-0.39, 0.29) is 0 Å². The highest BCUT2D eigenvalue weighted by atomic mass is 79.9. The SMILES string of the molecule is C=CC[NH2+]CCCOc1ccc2ccccc2c1Br. The summed E-state index contributed by atoms with van der Waals surface area (Å²) in [6, 6.07) is 12.4. The second kappa shape index (κ2) is 7.31. The van der Waals surface area contributed by atoms with Gasteiger partial charge >= 0.3 is 0 Å². The van der Waals surface area contributed by atoms with E-state index in [9.17, 15) is 0 Å². The summed E-state index contributed by atoms with van der Waals surface area (Å²) >= 11 is 3.63. The summed E-state index contributed by atoms with van der Waals surface area (Å²) < 4.78 is 6.87. The lowest BCUT2D eigenvalue weighted by Gasteiger charge is -2.10. The van der Waals surface area contributed by atoms with Gasteiger partial charge in [0.1, 0.15) is 5.75 Å². The summed E-state index contributed by atoms with van der Waals surface area (Å²) in [6.07, 6.45) is 2.95. The highest BCUT2D eigenvalue weighted by molar-refractivity contribution is 9.10. The molecule has 2 aromatic carbocycles. The summed E-state index contributed by atoms with van der Waals surface area (Å²) in [5.74, 6) is 0.919. The third-order valence-corrected chi connectivity index (χ3v) is 3.79. The Morgan fingerprint density at radius 2 is 2.05 bits per heavy atom. The first-order valence-electron chi connectivity index (χ1n) is 6.55. The summed E-state index contributed by atoms with van der Waals surface area (Å²) in [5, 5.41) is 4.64. The van der Waals surface area contributed by atoms with Crippen molar-refractivity contribution in [1.29, 1.82) is 0 Å². The standard InChI is InChI=1S/C16H18BrNO/c1-2-10-18-11-5-12-19-15-9-8-13-6-3-4-7-14(13)16(15)17/h2-4,6-9,18H,1,5,10-12H2/p+1. The van der Waals surface area contributed by atoms with Crippen molar-refractivity contribution in [2.24, 2.45) is 0 Å². The van der Waals surface area contributed by atoms with Gasteiger partial charge < -0.3 is 10.1 Å². The van der Waals surface area contributed by atoms with Crippen molar-refractivity contribution >= 4 is 26.7 Å². The Morgan fingerprint density at radius 1 is 1.21 bits per heavy atom. The quantitative estimate of drug-likeness (QED) is 0.615. The lowest BCUT2D eigenvalue weighted by atomic mass is 10.1. The maximum absolute atomic E-state index is 5.83. The third-order valence-electron chi connectivity index (χ3n) is 2.97. The van der Waals surface area contributed by atoms with Crippen LogP contribution in [0.15, 0.2) is 53.5 Å². The zero-order chi connectivity index (χ0) is 13.5. The monoisotopic (exact) mass is 320 g/mol. The normalized spacial score (nSPS) is 10.6. The average molecular weight is 321 g/mol.